The molecule has 0 aliphatic heterocycles. The number of aliphatic hydroxyl groups is 1. The number of carboxylic acids is 1. The number of hydrogen-bond donors (Lipinski definition) is 2. The van der Waals surface area contributed by atoms with Gasteiger partial charge in [0.05, 0.1) is 23.0 Å². The van der Waals surface area contributed by atoms with Gasteiger partial charge in [-0.05, 0) is 24.3 Å². The third-order valence-electron chi connectivity index (χ3n) is 3.19. The Labute approximate surface area is 158 Å². The summed E-state index contributed by atoms with van der Waals surface area (Å²) in [4.78, 5) is 13.4. The number of alkyl halides is 3. The van der Waals surface area contributed by atoms with Gasteiger partial charge >= 0.3 is 12.1 Å². The molecule has 10 heteroatoms. The maximum atomic E-state index is 10.6. The van der Waals surface area contributed by atoms with E-state index in [0.717, 1.165) is 27.1 Å². The van der Waals surface area contributed by atoms with Gasteiger partial charge in [0.2, 0.25) is 0 Å². The molecular weight excluding hydrogens is 441 g/mol. The number of aliphatic hydroxyl groups excluding tert-OH is 1. The first-order valence-corrected chi connectivity index (χ1v) is 8.14. The van der Waals surface area contributed by atoms with Crippen LogP contribution in [0.2, 0.25) is 5.02 Å². The summed E-state index contributed by atoms with van der Waals surface area (Å²) in [6.07, 6.45) is -3.32. The van der Waals surface area contributed by atoms with Crippen molar-refractivity contribution in [3.63, 3.8) is 0 Å². The Balaban J connectivity index is 0.000000298. The van der Waals surface area contributed by atoms with Gasteiger partial charge in [0.15, 0.2) is 0 Å². The first-order valence-electron chi connectivity index (χ1n) is 6.97. The Kier molecular flexibility index (Phi) is 6.27. The van der Waals surface area contributed by atoms with Crippen LogP contribution in [-0.2, 0) is 11.4 Å². The number of pyridine rings is 1. The number of hydrogen-bond acceptors (Lipinski definition) is 3. The third kappa shape index (κ3) is 4.75. The number of nitrogens with zero attached hydrogens (tertiary/aromatic N) is 2. The summed E-state index contributed by atoms with van der Waals surface area (Å²) in [5.74, 6) is -2.76. The zero-order valence-electron chi connectivity index (χ0n) is 12.8. The van der Waals surface area contributed by atoms with E-state index in [1.165, 1.54) is 0 Å². The van der Waals surface area contributed by atoms with E-state index in [9.17, 15) is 18.3 Å². The van der Waals surface area contributed by atoms with Crippen molar-refractivity contribution >= 4 is 39.1 Å². The van der Waals surface area contributed by atoms with E-state index in [0.29, 0.717) is 5.02 Å². The SMILES string of the molecule is O=C(O)C(F)(F)F.OCc1c(-c2ccc(Br)cc2)nc2ccc(Cl)cn12. The van der Waals surface area contributed by atoms with Gasteiger partial charge in [0, 0.05) is 16.2 Å². The number of halogens is 5. The molecular formula is C16H11BrClF3N2O3. The van der Waals surface area contributed by atoms with Crippen LogP contribution in [0, 0.1) is 0 Å². The quantitative estimate of drug-likeness (QED) is 0.600. The van der Waals surface area contributed by atoms with Crippen molar-refractivity contribution in [3.05, 3.63) is 57.8 Å². The molecule has 26 heavy (non-hydrogen) atoms. The smallest absolute Gasteiger partial charge is 0.475 e. The number of fused-ring (bicyclic) bond motifs is 1. The van der Waals surface area contributed by atoms with Gasteiger partial charge in [0.25, 0.3) is 0 Å². The average molecular weight is 452 g/mol. The molecule has 0 radical (unpaired) electrons. The zero-order valence-corrected chi connectivity index (χ0v) is 15.2. The average Bonchev–Trinajstić information content (AvgIpc) is 2.92. The summed E-state index contributed by atoms with van der Waals surface area (Å²) in [7, 11) is 0. The Bertz CT molecular complexity index is 927. The minimum absolute atomic E-state index is 0.0904. The van der Waals surface area contributed by atoms with Crippen LogP contribution in [0.5, 0.6) is 0 Å². The van der Waals surface area contributed by atoms with E-state index in [1.807, 2.05) is 34.7 Å². The predicted molar refractivity (Wildman–Crippen MR) is 93.0 cm³/mol. The number of aromatic nitrogens is 2. The Morgan fingerprint density at radius 1 is 1.19 bits per heavy atom. The van der Waals surface area contributed by atoms with Crippen molar-refractivity contribution in [2.75, 3.05) is 0 Å². The normalized spacial score (nSPS) is 11.2. The van der Waals surface area contributed by atoms with E-state index < -0.39 is 12.1 Å². The van der Waals surface area contributed by atoms with Crippen LogP contribution in [0.15, 0.2) is 47.1 Å². The van der Waals surface area contributed by atoms with Gasteiger partial charge in [-0.2, -0.15) is 13.2 Å². The summed E-state index contributed by atoms with van der Waals surface area (Å²) < 4.78 is 34.6. The summed E-state index contributed by atoms with van der Waals surface area (Å²) in [6, 6.07) is 11.5. The van der Waals surface area contributed by atoms with Crippen molar-refractivity contribution in [2.45, 2.75) is 12.8 Å². The molecule has 0 aliphatic carbocycles. The third-order valence-corrected chi connectivity index (χ3v) is 3.94. The summed E-state index contributed by atoms with van der Waals surface area (Å²) >= 11 is 9.39. The van der Waals surface area contributed by atoms with E-state index in [-0.39, 0.29) is 6.61 Å². The highest BCUT2D eigenvalue weighted by atomic mass is 79.9. The molecule has 2 aromatic heterocycles. The van der Waals surface area contributed by atoms with Gasteiger partial charge < -0.3 is 10.2 Å². The molecule has 0 aliphatic rings. The lowest BCUT2D eigenvalue weighted by atomic mass is 10.1. The Morgan fingerprint density at radius 3 is 2.27 bits per heavy atom. The molecule has 0 atom stereocenters. The van der Waals surface area contributed by atoms with E-state index in [4.69, 9.17) is 21.5 Å². The van der Waals surface area contributed by atoms with Crippen molar-refractivity contribution in [2.24, 2.45) is 0 Å². The Hall–Kier alpha value is -2.10. The topological polar surface area (TPSA) is 74.8 Å². The van der Waals surface area contributed by atoms with Crippen molar-refractivity contribution in [1.82, 2.24) is 9.38 Å². The standard InChI is InChI=1S/C14H10BrClN2O.C2HF3O2/c15-10-3-1-9(2-4-10)14-12(8-19)18-7-11(16)5-6-13(18)17-14;3-2(4,5)1(6)7/h1-7,19H,8H2;(H,6,7). The molecule has 3 aromatic rings. The van der Waals surface area contributed by atoms with Crippen molar-refractivity contribution in [3.8, 4) is 11.3 Å². The number of aliphatic carboxylic acids is 1. The Morgan fingerprint density at radius 2 is 1.77 bits per heavy atom. The molecule has 0 saturated carbocycles. The molecule has 1 aromatic carbocycles. The molecule has 2 heterocycles. The fourth-order valence-corrected chi connectivity index (χ4v) is 2.48. The molecule has 138 valence electrons. The van der Waals surface area contributed by atoms with Gasteiger partial charge in [-0.25, -0.2) is 9.78 Å². The van der Waals surface area contributed by atoms with Gasteiger partial charge in [0.1, 0.15) is 5.65 Å². The lowest BCUT2D eigenvalue weighted by molar-refractivity contribution is -0.192. The van der Waals surface area contributed by atoms with Crippen LogP contribution in [-0.4, -0.2) is 31.7 Å². The second kappa shape index (κ2) is 8.07. The van der Waals surface area contributed by atoms with Crippen LogP contribution >= 0.6 is 27.5 Å². The predicted octanol–water partition coefficient (Wildman–Crippen LogP) is 4.54. The second-order valence-corrected chi connectivity index (χ2v) is 6.30. The number of benzene rings is 1. The lowest BCUT2D eigenvalue weighted by Gasteiger charge is -2.02. The summed E-state index contributed by atoms with van der Waals surface area (Å²) in [6.45, 7) is -0.0904. The van der Waals surface area contributed by atoms with Gasteiger partial charge in [-0.15, -0.1) is 0 Å². The molecule has 0 unspecified atom stereocenters. The van der Waals surface area contributed by atoms with Crippen molar-refractivity contribution < 1.29 is 28.2 Å². The molecule has 2 N–H and O–H groups in total. The first kappa shape index (κ1) is 20.2. The highest BCUT2D eigenvalue weighted by Gasteiger charge is 2.38. The van der Waals surface area contributed by atoms with E-state index in [2.05, 4.69) is 20.9 Å². The van der Waals surface area contributed by atoms with Crippen LogP contribution in [0.1, 0.15) is 5.69 Å². The molecule has 0 bridgehead atoms. The minimum Gasteiger partial charge on any atom is -0.475 e. The zero-order chi connectivity index (χ0) is 19.5. The van der Waals surface area contributed by atoms with Gasteiger partial charge in [-0.3, -0.25) is 4.40 Å². The maximum Gasteiger partial charge on any atom is 0.490 e. The molecule has 5 nitrogen and oxygen atoms in total. The van der Waals surface area contributed by atoms with Crippen LogP contribution in [0.4, 0.5) is 13.2 Å². The number of imidazole rings is 1. The highest BCUT2D eigenvalue weighted by Crippen LogP contribution is 2.27. The van der Waals surface area contributed by atoms with E-state index in [1.54, 1.807) is 12.3 Å². The van der Waals surface area contributed by atoms with Crippen molar-refractivity contribution in [1.29, 1.82) is 0 Å². The molecule has 0 saturated heterocycles. The molecule has 0 spiro atoms. The molecule has 0 fully saturated rings. The van der Waals surface area contributed by atoms with E-state index >= 15 is 0 Å². The van der Waals surface area contributed by atoms with Gasteiger partial charge in [-0.1, -0.05) is 39.7 Å². The maximum absolute atomic E-state index is 10.6. The number of rotatable bonds is 2. The largest absolute Gasteiger partial charge is 0.490 e. The summed E-state index contributed by atoms with van der Waals surface area (Å²) in [5.41, 5.74) is 3.25. The highest BCUT2D eigenvalue weighted by molar-refractivity contribution is 9.10. The number of carbonyl (C=O) groups is 1. The second-order valence-electron chi connectivity index (χ2n) is 4.95. The lowest BCUT2D eigenvalue weighted by Crippen LogP contribution is -2.21. The first-order chi connectivity index (χ1) is 12.1. The summed E-state index contributed by atoms with van der Waals surface area (Å²) in [5, 5.41) is 17.3. The molecule has 3 rings (SSSR count). The fourth-order valence-electron chi connectivity index (χ4n) is 2.06. The minimum atomic E-state index is -5.08. The van der Waals surface area contributed by atoms with Crippen LogP contribution in [0.25, 0.3) is 16.9 Å². The molecule has 0 amide bonds. The van der Waals surface area contributed by atoms with Crippen LogP contribution in [0.3, 0.4) is 0 Å². The number of carboxylic acid groups (broad SMARTS) is 1. The monoisotopic (exact) mass is 450 g/mol. The fraction of sp³-hybridized carbons (Fsp3) is 0.125. The van der Waals surface area contributed by atoms with Crippen LogP contribution < -0.4 is 0 Å².